The van der Waals surface area contributed by atoms with E-state index in [1.54, 1.807) is 13.8 Å². The number of carbonyl (C=O) groups excluding carboxylic acids is 2. The van der Waals surface area contributed by atoms with Gasteiger partial charge in [0.05, 0.1) is 20.3 Å². The Labute approximate surface area is 192 Å². The molecule has 0 saturated carbocycles. The van der Waals surface area contributed by atoms with Gasteiger partial charge in [0.1, 0.15) is 12.3 Å². The minimum atomic E-state index is -3.51. The van der Waals surface area contributed by atoms with E-state index in [1.807, 2.05) is 32.0 Å². The van der Waals surface area contributed by atoms with Gasteiger partial charge in [-0.05, 0) is 43.0 Å². The van der Waals surface area contributed by atoms with Crippen LogP contribution in [0.5, 0.6) is 0 Å². The van der Waals surface area contributed by atoms with Gasteiger partial charge in [-0.1, -0.05) is 35.8 Å². The highest BCUT2D eigenvalue weighted by molar-refractivity contribution is 9.10. The third kappa shape index (κ3) is 6.78. The molecule has 8 nitrogen and oxygen atoms in total. The topological polar surface area (TPSA) is 85.4 Å². The molecule has 0 radical (unpaired) electrons. The lowest BCUT2D eigenvalue weighted by Crippen LogP contribution is -2.54. The summed E-state index contributed by atoms with van der Waals surface area (Å²) in [5, 5.41) is 0. The van der Waals surface area contributed by atoms with Crippen molar-refractivity contribution in [3.63, 3.8) is 0 Å². The first-order valence-corrected chi connectivity index (χ1v) is 12.9. The number of benzene rings is 1. The van der Waals surface area contributed by atoms with Gasteiger partial charge in [0.2, 0.25) is 0 Å². The molecule has 2 rings (SSSR count). The highest BCUT2D eigenvalue weighted by atomic mass is 79.9. The van der Waals surface area contributed by atoms with Crippen LogP contribution < -0.4 is 0 Å². The van der Waals surface area contributed by atoms with Crippen LogP contribution in [-0.2, 0) is 36.1 Å². The summed E-state index contributed by atoms with van der Waals surface area (Å²) in [5.74, 6) is -0.368. The van der Waals surface area contributed by atoms with E-state index in [9.17, 15) is 14.2 Å². The summed E-state index contributed by atoms with van der Waals surface area (Å²) in [5.41, 5.74) is 1.94. The van der Waals surface area contributed by atoms with Gasteiger partial charge in [-0.2, -0.15) is 0 Å². The van der Waals surface area contributed by atoms with E-state index in [2.05, 4.69) is 15.9 Å². The second-order valence-electron chi connectivity index (χ2n) is 7.77. The summed E-state index contributed by atoms with van der Waals surface area (Å²) < 4.78 is 29.9. The minimum absolute atomic E-state index is 0.114. The molecule has 0 fully saturated rings. The Morgan fingerprint density at radius 2 is 1.87 bits per heavy atom. The maximum absolute atomic E-state index is 13.6. The van der Waals surface area contributed by atoms with Crippen molar-refractivity contribution in [3.05, 3.63) is 33.8 Å². The number of ether oxygens (including phenoxy) is 1. The van der Waals surface area contributed by atoms with Gasteiger partial charge in [0.25, 0.3) is 0 Å². The highest BCUT2D eigenvalue weighted by Crippen LogP contribution is 2.48. The number of carbonyl (C=O) groups is 2. The molecule has 0 spiro atoms. The van der Waals surface area contributed by atoms with Gasteiger partial charge in [-0.25, -0.2) is 9.59 Å². The minimum Gasteiger partial charge on any atom is -0.467 e. The normalized spacial score (nSPS) is 16.2. The maximum atomic E-state index is 13.6. The van der Waals surface area contributed by atoms with Crippen molar-refractivity contribution in [1.82, 2.24) is 9.80 Å². The molecule has 1 aromatic carbocycles. The summed E-state index contributed by atoms with van der Waals surface area (Å²) in [4.78, 5) is 29.2. The van der Waals surface area contributed by atoms with Crippen molar-refractivity contribution in [1.29, 1.82) is 0 Å². The summed E-state index contributed by atoms with van der Waals surface area (Å²) in [6.07, 6.45) is 0.173. The molecule has 1 heterocycles. The highest BCUT2D eigenvalue weighted by Gasteiger charge is 2.40. The zero-order valence-electron chi connectivity index (χ0n) is 18.8. The van der Waals surface area contributed by atoms with Crippen molar-refractivity contribution in [2.24, 2.45) is 5.92 Å². The third-order valence-corrected chi connectivity index (χ3v) is 7.35. The van der Waals surface area contributed by atoms with Gasteiger partial charge >= 0.3 is 19.6 Å². The number of rotatable bonds is 9. The average Bonchev–Trinajstić information content (AvgIpc) is 2.71. The molecule has 0 saturated heterocycles. The zero-order chi connectivity index (χ0) is 23.2. The smallest absolute Gasteiger partial charge is 0.349 e. The fourth-order valence-electron chi connectivity index (χ4n) is 3.64. The quantitative estimate of drug-likeness (QED) is 0.349. The van der Waals surface area contributed by atoms with Gasteiger partial charge in [0.15, 0.2) is 0 Å². The molecule has 1 atom stereocenters. The predicted molar refractivity (Wildman–Crippen MR) is 122 cm³/mol. The number of urea groups is 1. The van der Waals surface area contributed by atoms with E-state index >= 15 is 0 Å². The second-order valence-corrected chi connectivity index (χ2v) is 10.7. The van der Waals surface area contributed by atoms with Gasteiger partial charge in [-0.3, -0.25) is 4.57 Å². The number of halogens is 1. The van der Waals surface area contributed by atoms with Crippen molar-refractivity contribution in [2.45, 2.75) is 46.7 Å². The van der Waals surface area contributed by atoms with Crippen LogP contribution in [0.15, 0.2) is 22.7 Å². The second kappa shape index (κ2) is 11.5. The molecule has 2 amide bonds. The van der Waals surface area contributed by atoms with Gasteiger partial charge in [0, 0.05) is 24.0 Å². The van der Waals surface area contributed by atoms with Crippen LogP contribution in [0.1, 0.15) is 38.8 Å². The number of amides is 2. The van der Waals surface area contributed by atoms with E-state index in [4.69, 9.17) is 13.8 Å². The largest absolute Gasteiger partial charge is 0.467 e. The van der Waals surface area contributed by atoms with E-state index < -0.39 is 25.6 Å². The monoisotopic (exact) mass is 518 g/mol. The number of methoxy groups -OCH3 is 1. The fourth-order valence-corrected chi connectivity index (χ4v) is 5.73. The van der Waals surface area contributed by atoms with Gasteiger partial charge < -0.3 is 23.6 Å². The lowest BCUT2D eigenvalue weighted by Gasteiger charge is -2.39. The van der Waals surface area contributed by atoms with Crippen molar-refractivity contribution < 1.29 is 27.9 Å². The summed E-state index contributed by atoms with van der Waals surface area (Å²) in [6, 6.07) is 4.65. The number of hydrogen-bond donors (Lipinski definition) is 0. The first kappa shape index (κ1) is 25.8. The van der Waals surface area contributed by atoms with Crippen LogP contribution in [0.3, 0.4) is 0 Å². The molecule has 0 unspecified atom stereocenters. The molecule has 10 heteroatoms. The Hall–Kier alpha value is -1.41. The van der Waals surface area contributed by atoms with Crippen LogP contribution in [0.2, 0.25) is 0 Å². The predicted octanol–water partition coefficient (Wildman–Crippen LogP) is 4.65. The Kier molecular flexibility index (Phi) is 9.55. The molecule has 174 valence electrons. The molecule has 31 heavy (non-hydrogen) atoms. The Balaban J connectivity index is 2.39. The van der Waals surface area contributed by atoms with E-state index in [1.165, 1.54) is 16.9 Å². The van der Waals surface area contributed by atoms with Crippen LogP contribution >= 0.6 is 23.5 Å². The number of esters is 1. The summed E-state index contributed by atoms with van der Waals surface area (Å²) in [6.45, 7) is 8.39. The summed E-state index contributed by atoms with van der Waals surface area (Å²) in [7, 11) is -2.19. The molecule has 0 aliphatic carbocycles. The number of hydrogen-bond acceptors (Lipinski definition) is 6. The van der Waals surface area contributed by atoms with E-state index in [0.717, 1.165) is 15.6 Å². The lowest BCUT2D eigenvalue weighted by atomic mass is 9.94. The number of nitrogens with zero attached hydrogens (tertiary/aromatic N) is 2. The molecule has 0 bridgehead atoms. The Morgan fingerprint density at radius 1 is 1.23 bits per heavy atom. The van der Waals surface area contributed by atoms with E-state index in [-0.39, 0.29) is 32.0 Å². The Bertz CT molecular complexity index is 824. The molecular formula is C21H32BrN2O6P. The maximum Gasteiger partial charge on any atom is 0.349 e. The molecule has 0 N–H and O–H groups in total. The number of fused-ring (bicyclic) bond motifs is 1. The van der Waals surface area contributed by atoms with Crippen LogP contribution in [-0.4, -0.2) is 61.0 Å². The zero-order valence-corrected chi connectivity index (χ0v) is 21.3. The first-order valence-electron chi connectivity index (χ1n) is 10.4. The van der Waals surface area contributed by atoms with Crippen LogP contribution in [0, 0.1) is 5.92 Å². The lowest BCUT2D eigenvalue weighted by molar-refractivity contribution is -0.146. The fraction of sp³-hybridized carbons (Fsp3) is 0.619. The molecule has 1 aliphatic rings. The standard InChI is InChI=1S/C21H32BrN2O6P/c1-6-29-31(27,30-7-2)14-23(12-15(3)4)21(26)24-13-17-10-18(22)9-8-16(17)11-19(24)20(25)28-5/h8-10,15,19H,6-7,11-14H2,1-5H3/t19-/m1/s1. The van der Waals surface area contributed by atoms with E-state index in [0.29, 0.717) is 13.0 Å². The average molecular weight is 519 g/mol. The molecule has 1 aromatic rings. The van der Waals surface area contributed by atoms with Crippen LogP contribution in [0.4, 0.5) is 4.79 Å². The van der Waals surface area contributed by atoms with Gasteiger partial charge in [-0.15, -0.1) is 0 Å². The Morgan fingerprint density at radius 3 is 2.42 bits per heavy atom. The van der Waals surface area contributed by atoms with Crippen molar-refractivity contribution >= 4 is 35.5 Å². The third-order valence-electron chi connectivity index (χ3n) is 4.87. The van der Waals surface area contributed by atoms with Crippen molar-refractivity contribution in [2.75, 3.05) is 33.2 Å². The van der Waals surface area contributed by atoms with Crippen LogP contribution in [0.25, 0.3) is 0 Å². The summed E-state index contributed by atoms with van der Waals surface area (Å²) >= 11 is 3.47. The van der Waals surface area contributed by atoms with Crippen molar-refractivity contribution in [3.8, 4) is 0 Å². The first-order chi connectivity index (χ1) is 14.6. The molecular weight excluding hydrogens is 487 g/mol. The molecule has 1 aliphatic heterocycles. The molecule has 0 aromatic heterocycles. The SMILES string of the molecule is CCOP(=O)(CN(CC(C)C)C(=O)N1Cc2cc(Br)ccc2C[C@@H]1C(=O)OC)OCC.